The number of carbonyl (C=O) groups excluding carboxylic acids is 1. The molecule has 0 bridgehead atoms. The predicted octanol–water partition coefficient (Wildman–Crippen LogP) is 4.29. The second-order valence-electron chi connectivity index (χ2n) is 7.43. The Balaban J connectivity index is 1.59. The molecule has 6 heteroatoms. The first kappa shape index (κ1) is 21.7. The van der Waals surface area contributed by atoms with Gasteiger partial charge in [0.05, 0.1) is 5.56 Å². The fourth-order valence-corrected chi connectivity index (χ4v) is 4.25. The van der Waals surface area contributed by atoms with E-state index in [2.05, 4.69) is 17.4 Å². The van der Waals surface area contributed by atoms with E-state index in [0.717, 1.165) is 44.0 Å². The number of rotatable bonds is 9. The SMILES string of the molecule is CN(C)CCOc1ccccc1C(=O)Nc1cccc(CSC2CCOCC2)c1. The Kier molecular flexibility index (Phi) is 8.40. The molecule has 0 atom stereocenters. The van der Waals surface area contributed by atoms with Gasteiger partial charge in [-0.1, -0.05) is 24.3 Å². The van der Waals surface area contributed by atoms with Crippen LogP contribution in [0.5, 0.6) is 5.75 Å². The molecule has 1 fully saturated rings. The van der Waals surface area contributed by atoms with Gasteiger partial charge in [0.25, 0.3) is 5.91 Å². The number of hydrogen-bond acceptors (Lipinski definition) is 5. The summed E-state index contributed by atoms with van der Waals surface area (Å²) in [6.45, 7) is 3.06. The molecule has 5 nitrogen and oxygen atoms in total. The molecule has 29 heavy (non-hydrogen) atoms. The summed E-state index contributed by atoms with van der Waals surface area (Å²) in [5, 5.41) is 3.68. The van der Waals surface area contributed by atoms with Crippen LogP contribution in [-0.4, -0.2) is 56.5 Å². The Bertz CT molecular complexity index is 791. The highest BCUT2D eigenvalue weighted by molar-refractivity contribution is 7.99. The first-order valence-corrected chi connectivity index (χ1v) is 11.1. The van der Waals surface area contributed by atoms with Gasteiger partial charge in [-0.15, -0.1) is 0 Å². The summed E-state index contributed by atoms with van der Waals surface area (Å²) in [5.74, 6) is 1.40. The molecule has 1 aliphatic heterocycles. The zero-order valence-electron chi connectivity index (χ0n) is 17.2. The number of ether oxygens (including phenoxy) is 2. The van der Waals surface area contributed by atoms with Crippen LogP contribution in [0.3, 0.4) is 0 Å². The molecule has 1 heterocycles. The van der Waals surface area contributed by atoms with Crippen molar-refractivity contribution >= 4 is 23.4 Å². The number of likely N-dealkylation sites (N-methyl/N-ethyl adjacent to an activating group) is 1. The minimum atomic E-state index is -0.153. The van der Waals surface area contributed by atoms with E-state index in [9.17, 15) is 4.79 Å². The summed E-state index contributed by atoms with van der Waals surface area (Å²) in [6.07, 6.45) is 2.23. The van der Waals surface area contributed by atoms with E-state index in [-0.39, 0.29) is 5.91 Å². The molecular weight excluding hydrogens is 384 g/mol. The van der Waals surface area contributed by atoms with Crippen molar-refractivity contribution in [2.45, 2.75) is 23.8 Å². The quantitative estimate of drug-likeness (QED) is 0.663. The minimum Gasteiger partial charge on any atom is -0.491 e. The number of carbonyl (C=O) groups is 1. The number of thioether (sulfide) groups is 1. The molecule has 2 aromatic rings. The Hall–Kier alpha value is -2.02. The van der Waals surface area contributed by atoms with Crippen LogP contribution in [0.25, 0.3) is 0 Å². The van der Waals surface area contributed by atoms with Crippen LogP contribution >= 0.6 is 11.8 Å². The topological polar surface area (TPSA) is 50.8 Å². The molecule has 1 N–H and O–H groups in total. The van der Waals surface area contributed by atoms with Gasteiger partial charge in [0.15, 0.2) is 0 Å². The molecule has 0 unspecified atom stereocenters. The van der Waals surface area contributed by atoms with Gasteiger partial charge in [-0.25, -0.2) is 0 Å². The molecule has 3 rings (SSSR count). The van der Waals surface area contributed by atoms with Gasteiger partial charge in [0.2, 0.25) is 0 Å². The van der Waals surface area contributed by atoms with Gasteiger partial charge < -0.3 is 19.7 Å². The maximum atomic E-state index is 12.8. The van der Waals surface area contributed by atoms with E-state index < -0.39 is 0 Å². The van der Waals surface area contributed by atoms with Crippen molar-refractivity contribution in [3.05, 3.63) is 59.7 Å². The molecule has 0 saturated carbocycles. The molecule has 0 radical (unpaired) electrons. The van der Waals surface area contributed by atoms with Crippen LogP contribution in [0, 0.1) is 0 Å². The third-order valence-corrected chi connectivity index (χ3v) is 6.21. The molecule has 1 aliphatic rings. The molecular formula is C23H30N2O3S. The highest BCUT2D eigenvalue weighted by Crippen LogP contribution is 2.27. The van der Waals surface area contributed by atoms with E-state index in [1.807, 2.05) is 61.1 Å². The van der Waals surface area contributed by atoms with E-state index in [1.165, 1.54) is 5.56 Å². The third-order valence-electron chi connectivity index (χ3n) is 4.77. The van der Waals surface area contributed by atoms with Gasteiger partial charge in [-0.2, -0.15) is 11.8 Å². The van der Waals surface area contributed by atoms with Crippen molar-refractivity contribution in [3.63, 3.8) is 0 Å². The maximum absolute atomic E-state index is 12.8. The standard InChI is InChI=1S/C23H30N2O3S/c1-25(2)12-15-28-22-9-4-3-8-21(22)23(26)24-19-7-5-6-18(16-19)17-29-20-10-13-27-14-11-20/h3-9,16,20H,10-15,17H2,1-2H3,(H,24,26). The van der Waals surface area contributed by atoms with Crippen molar-refractivity contribution < 1.29 is 14.3 Å². The molecule has 156 valence electrons. The Morgan fingerprint density at radius 3 is 2.76 bits per heavy atom. The second-order valence-corrected chi connectivity index (χ2v) is 8.71. The van der Waals surface area contributed by atoms with Crippen molar-refractivity contribution in [1.29, 1.82) is 0 Å². The minimum absolute atomic E-state index is 0.153. The number of hydrogen-bond donors (Lipinski definition) is 1. The zero-order chi connectivity index (χ0) is 20.5. The van der Waals surface area contributed by atoms with E-state index >= 15 is 0 Å². The predicted molar refractivity (Wildman–Crippen MR) is 120 cm³/mol. The smallest absolute Gasteiger partial charge is 0.259 e. The molecule has 1 saturated heterocycles. The number of nitrogens with one attached hydrogen (secondary N) is 1. The molecule has 0 aromatic heterocycles. The number of anilines is 1. The zero-order valence-corrected chi connectivity index (χ0v) is 18.0. The Morgan fingerprint density at radius 1 is 1.17 bits per heavy atom. The van der Waals surface area contributed by atoms with Crippen LogP contribution in [0.4, 0.5) is 5.69 Å². The van der Waals surface area contributed by atoms with Gasteiger partial charge in [-0.05, 0) is 56.8 Å². The second kappa shape index (κ2) is 11.2. The number of para-hydroxylation sites is 1. The van der Waals surface area contributed by atoms with Crippen LogP contribution in [0.1, 0.15) is 28.8 Å². The average Bonchev–Trinajstić information content (AvgIpc) is 2.73. The Morgan fingerprint density at radius 2 is 1.97 bits per heavy atom. The summed E-state index contributed by atoms with van der Waals surface area (Å²) >= 11 is 1.97. The average molecular weight is 415 g/mol. The lowest BCUT2D eigenvalue weighted by Gasteiger charge is -2.21. The fraction of sp³-hybridized carbons (Fsp3) is 0.435. The third kappa shape index (κ3) is 7.07. The lowest BCUT2D eigenvalue weighted by atomic mass is 10.1. The van der Waals surface area contributed by atoms with Crippen LogP contribution in [-0.2, 0) is 10.5 Å². The normalized spacial score (nSPS) is 14.7. The van der Waals surface area contributed by atoms with Crippen molar-refractivity contribution in [2.24, 2.45) is 0 Å². The van der Waals surface area contributed by atoms with E-state index in [0.29, 0.717) is 23.2 Å². The van der Waals surface area contributed by atoms with Crippen molar-refractivity contribution in [3.8, 4) is 5.75 Å². The molecule has 0 spiro atoms. The first-order chi connectivity index (χ1) is 14.1. The maximum Gasteiger partial charge on any atom is 0.259 e. The fourth-order valence-electron chi connectivity index (χ4n) is 3.11. The summed E-state index contributed by atoms with van der Waals surface area (Å²) < 4.78 is 11.2. The number of amides is 1. The van der Waals surface area contributed by atoms with Gasteiger partial charge in [-0.3, -0.25) is 4.79 Å². The largest absolute Gasteiger partial charge is 0.491 e. The monoisotopic (exact) mass is 414 g/mol. The summed E-state index contributed by atoms with van der Waals surface area (Å²) in [6, 6.07) is 15.5. The van der Waals surface area contributed by atoms with E-state index in [4.69, 9.17) is 9.47 Å². The summed E-state index contributed by atoms with van der Waals surface area (Å²) in [4.78, 5) is 14.9. The van der Waals surface area contributed by atoms with Crippen LogP contribution in [0.15, 0.2) is 48.5 Å². The molecule has 1 amide bonds. The molecule has 2 aromatic carbocycles. The number of benzene rings is 2. The van der Waals surface area contributed by atoms with E-state index in [1.54, 1.807) is 6.07 Å². The van der Waals surface area contributed by atoms with Crippen LogP contribution < -0.4 is 10.1 Å². The summed E-state index contributed by atoms with van der Waals surface area (Å²) in [7, 11) is 3.99. The van der Waals surface area contributed by atoms with Crippen molar-refractivity contribution in [2.75, 3.05) is 45.8 Å². The van der Waals surface area contributed by atoms with Gasteiger partial charge >= 0.3 is 0 Å². The number of nitrogens with zero attached hydrogens (tertiary/aromatic N) is 1. The van der Waals surface area contributed by atoms with Crippen molar-refractivity contribution in [1.82, 2.24) is 4.90 Å². The summed E-state index contributed by atoms with van der Waals surface area (Å²) in [5.41, 5.74) is 2.58. The highest BCUT2D eigenvalue weighted by atomic mass is 32.2. The lowest BCUT2D eigenvalue weighted by molar-refractivity contribution is 0.0999. The lowest BCUT2D eigenvalue weighted by Crippen LogP contribution is -2.20. The van der Waals surface area contributed by atoms with Gasteiger partial charge in [0.1, 0.15) is 12.4 Å². The highest BCUT2D eigenvalue weighted by Gasteiger charge is 2.15. The Labute approximate surface area is 177 Å². The van der Waals surface area contributed by atoms with Crippen LogP contribution in [0.2, 0.25) is 0 Å². The van der Waals surface area contributed by atoms with Gasteiger partial charge in [0, 0.05) is 36.4 Å². The first-order valence-electron chi connectivity index (χ1n) is 10.1. The molecule has 0 aliphatic carbocycles.